The number of methoxy groups -OCH3 is 1. The number of nitrogens with zero attached hydrogens (tertiary/aromatic N) is 1. The van der Waals surface area contributed by atoms with E-state index in [1.165, 1.54) is 7.11 Å². The summed E-state index contributed by atoms with van der Waals surface area (Å²) in [6.07, 6.45) is 5.50. The van der Waals surface area contributed by atoms with Crippen LogP contribution in [0.4, 0.5) is 0 Å². The first-order valence-electron chi connectivity index (χ1n) is 10.0. The SMILES string of the molecule is COC(=O)c1ccc(CCN2C(=O)CCC2C=CC(O)Cc2cccc(Cl)c2)cc1. The smallest absolute Gasteiger partial charge is 0.337 e. The Morgan fingerprint density at radius 1 is 1.27 bits per heavy atom. The third-order valence-electron chi connectivity index (χ3n) is 5.28. The van der Waals surface area contributed by atoms with E-state index in [0.717, 1.165) is 17.5 Å². The van der Waals surface area contributed by atoms with Gasteiger partial charge in [-0.05, 0) is 48.2 Å². The molecule has 1 heterocycles. The monoisotopic (exact) mass is 427 g/mol. The van der Waals surface area contributed by atoms with Crippen LogP contribution < -0.4 is 0 Å². The molecule has 0 saturated carbocycles. The van der Waals surface area contributed by atoms with Crippen molar-refractivity contribution in [1.29, 1.82) is 0 Å². The van der Waals surface area contributed by atoms with Crippen LogP contribution in [0.2, 0.25) is 5.02 Å². The Hall–Kier alpha value is -2.63. The summed E-state index contributed by atoms with van der Waals surface area (Å²) in [4.78, 5) is 25.7. The van der Waals surface area contributed by atoms with Gasteiger partial charge in [0.05, 0.1) is 24.8 Å². The number of amides is 1. The van der Waals surface area contributed by atoms with Crippen LogP contribution in [0.5, 0.6) is 0 Å². The lowest BCUT2D eigenvalue weighted by atomic mass is 10.1. The molecule has 1 amide bonds. The van der Waals surface area contributed by atoms with E-state index in [2.05, 4.69) is 0 Å². The lowest BCUT2D eigenvalue weighted by molar-refractivity contribution is -0.128. The maximum atomic E-state index is 12.3. The highest BCUT2D eigenvalue weighted by Crippen LogP contribution is 2.21. The van der Waals surface area contributed by atoms with Crippen LogP contribution in [-0.4, -0.2) is 47.7 Å². The molecular formula is C24H26ClNO4. The van der Waals surface area contributed by atoms with E-state index in [9.17, 15) is 14.7 Å². The number of carbonyl (C=O) groups is 2. The molecule has 0 aromatic heterocycles. The lowest BCUT2D eigenvalue weighted by Crippen LogP contribution is -2.33. The van der Waals surface area contributed by atoms with Gasteiger partial charge in [-0.25, -0.2) is 4.79 Å². The Bertz CT molecular complexity index is 910. The zero-order valence-electron chi connectivity index (χ0n) is 17.0. The fourth-order valence-corrected chi connectivity index (χ4v) is 3.86. The zero-order chi connectivity index (χ0) is 21.5. The minimum absolute atomic E-state index is 0.0131. The lowest BCUT2D eigenvalue weighted by Gasteiger charge is -2.23. The molecule has 1 fully saturated rings. The van der Waals surface area contributed by atoms with Crippen molar-refractivity contribution in [3.05, 3.63) is 82.4 Å². The van der Waals surface area contributed by atoms with Crippen molar-refractivity contribution in [3.8, 4) is 0 Å². The summed E-state index contributed by atoms with van der Waals surface area (Å²) in [6.45, 7) is 0.593. The number of rotatable bonds is 8. The van der Waals surface area contributed by atoms with E-state index in [0.29, 0.717) is 36.4 Å². The molecular weight excluding hydrogens is 402 g/mol. The fourth-order valence-electron chi connectivity index (χ4n) is 3.65. The second-order valence-electron chi connectivity index (χ2n) is 7.42. The molecule has 30 heavy (non-hydrogen) atoms. The van der Waals surface area contributed by atoms with Gasteiger partial charge in [-0.15, -0.1) is 0 Å². The number of ether oxygens (including phenoxy) is 1. The van der Waals surface area contributed by atoms with E-state index in [1.54, 1.807) is 24.3 Å². The van der Waals surface area contributed by atoms with Crippen molar-refractivity contribution >= 4 is 23.5 Å². The van der Waals surface area contributed by atoms with Crippen molar-refractivity contribution in [2.75, 3.05) is 13.7 Å². The highest BCUT2D eigenvalue weighted by Gasteiger charge is 2.28. The predicted molar refractivity (Wildman–Crippen MR) is 117 cm³/mol. The average Bonchev–Trinajstić information content (AvgIpc) is 3.10. The number of aliphatic hydroxyl groups excluding tert-OH is 1. The van der Waals surface area contributed by atoms with E-state index in [4.69, 9.17) is 16.3 Å². The molecule has 0 radical (unpaired) electrons. The molecule has 5 nitrogen and oxygen atoms in total. The molecule has 0 spiro atoms. The van der Waals surface area contributed by atoms with E-state index >= 15 is 0 Å². The molecule has 3 rings (SSSR count). The molecule has 0 bridgehead atoms. The number of likely N-dealkylation sites (tertiary alicyclic amines) is 1. The topological polar surface area (TPSA) is 66.8 Å². The first-order valence-corrected chi connectivity index (χ1v) is 10.4. The summed E-state index contributed by atoms with van der Waals surface area (Å²) in [7, 11) is 1.36. The zero-order valence-corrected chi connectivity index (χ0v) is 17.7. The molecule has 1 saturated heterocycles. The third kappa shape index (κ3) is 5.94. The number of hydrogen-bond donors (Lipinski definition) is 1. The number of esters is 1. The standard InChI is InChI=1S/C24H26ClNO4/c1-30-24(29)19-7-5-17(6-8-19)13-14-26-21(10-12-23(26)28)9-11-22(27)16-18-3-2-4-20(25)15-18/h2-9,11,15,21-22,27H,10,12-14,16H2,1H3. The van der Waals surface area contributed by atoms with Crippen LogP contribution in [0.25, 0.3) is 0 Å². The molecule has 2 atom stereocenters. The van der Waals surface area contributed by atoms with Crippen LogP contribution in [0.15, 0.2) is 60.7 Å². The molecule has 6 heteroatoms. The quantitative estimate of drug-likeness (QED) is 0.513. The normalized spacial score (nSPS) is 17.5. The molecule has 0 aliphatic carbocycles. The van der Waals surface area contributed by atoms with Gasteiger partial charge >= 0.3 is 5.97 Å². The van der Waals surface area contributed by atoms with Crippen molar-refractivity contribution < 1.29 is 19.4 Å². The van der Waals surface area contributed by atoms with Crippen LogP contribution in [0.3, 0.4) is 0 Å². The Morgan fingerprint density at radius 2 is 2.03 bits per heavy atom. The Labute approximate surface area is 181 Å². The fraction of sp³-hybridized carbons (Fsp3) is 0.333. The molecule has 2 aromatic carbocycles. The van der Waals surface area contributed by atoms with Crippen molar-refractivity contribution in [2.24, 2.45) is 0 Å². The van der Waals surface area contributed by atoms with Crippen molar-refractivity contribution in [2.45, 2.75) is 37.8 Å². The first kappa shape index (κ1) is 22.1. The van der Waals surface area contributed by atoms with Gasteiger partial charge in [0.25, 0.3) is 0 Å². The summed E-state index contributed by atoms with van der Waals surface area (Å²) < 4.78 is 4.71. The second kappa shape index (κ2) is 10.4. The summed E-state index contributed by atoms with van der Waals surface area (Å²) in [5, 5.41) is 11.0. The van der Waals surface area contributed by atoms with Crippen molar-refractivity contribution in [3.63, 3.8) is 0 Å². The number of carbonyl (C=O) groups excluding carboxylic acids is 2. The van der Waals surface area contributed by atoms with Crippen LogP contribution in [0.1, 0.15) is 34.3 Å². The summed E-state index contributed by atoms with van der Waals surface area (Å²) >= 11 is 5.99. The van der Waals surface area contributed by atoms with E-state index in [1.807, 2.05) is 41.3 Å². The Balaban J connectivity index is 1.55. The molecule has 1 aliphatic heterocycles. The number of aliphatic hydroxyl groups is 1. The summed E-state index contributed by atoms with van der Waals surface area (Å²) in [6, 6.07) is 14.7. The average molecular weight is 428 g/mol. The minimum atomic E-state index is -0.633. The number of hydrogen-bond acceptors (Lipinski definition) is 4. The van der Waals surface area contributed by atoms with Crippen LogP contribution in [-0.2, 0) is 22.4 Å². The van der Waals surface area contributed by atoms with Gasteiger partial charge in [-0.2, -0.15) is 0 Å². The second-order valence-corrected chi connectivity index (χ2v) is 7.85. The molecule has 2 aromatic rings. The summed E-state index contributed by atoms with van der Waals surface area (Å²) in [5.41, 5.74) is 2.52. The van der Waals surface area contributed by atoms with Crippen molar-refractivity contribution in [1.82, 2.24) is 4.90 Å². The van der Waals surface area contributed by atoms with E-state index < -0.39 is 6.10 Å². The van der Waals surface area contributed by atoms with Gasteiger partial charge in [0, 0.05) is 24.4 Å². The molecule has 2 unspecified atom stereocenters. The van der Waals surface area contributed by atoms with Crippen LogP contribution in [0, 0.1) is 0 Å². The van der Waals surface area contributed by atoms with Crippen LogP contribution >= 0.6 is 11.6 Å². The maximum absolute atomic E-state index is 12.3. The molecule has 1 aliphatic rings. The molecule has 158 valence electrons. The minimum Gasteiger partial charge on any atom is -0.465 e. The van der Waals surface area contributed by atoms with Gasteiger partial charge in [0.15, 0.2) is 0 Å². The predicted octanol–water partition coefficient (Wildman–Crippen LogP) is 3.82. The van der Waals surface area contributed by atoms with Gasteiger partial charge < -0.3 is 14.7 Å². The van der Waals surface area contributed by atoms with E-state index in [-0.39, 0.29) is 17.9 Å². The van der Waals surface area contributed by atoms with Gasteiger partial charge in [0.1, 0.15) is 0 Å². The van der Waals surface area contributed by atoms with Gasteiger partial charge in [0.2, 0.25) is 5.91 Å². The third-order valence-corrected chi connectivity index (χ3v) is 5.52. The first-order chi connectivity index (χ1) is 14.5. The Morgan fingerprint density at radius 3 is 2.73 bits per heavy atom. The van der Waals surface area contributed by atoms with Gasteiger partial charge in [-0.1, -0.05) is 48.0 Å². The number of halogens is 1. The van der Waals surface area contributed by atoms with Gasteiger partial charge in [-0.3, -0.25) is 4.79 Å². The highest BCUT2D eigenvalue weighted by atomic mass is 35.5. The maximum Gasteiger partial charge on any atom is 0.337 e. The largest absolute Gasteiger partial charge is 0.465 e. The summed E-state index contributed by atoms with van der Waals surface area (Å²) in [5.74, 6) is -0.238. The highest BCUT2D eigenvalue weighted by molar-refractivity contribution is 6.30. The number of benzene rings is 2. The Kier molecular flexibility index (Phi) is 7.66. The molecule has 1 N–H and O–H groups in total.